The predicted molar refractivity (Wildman–Crippen MR) is 316 cm³/mol. The molecule has 0 bridgehead atoms. The summed E-state index contributed by atoms with van der Waals surface area (Å²) in [6.45, 7) is 3.47. The van der Waals surface area contributed by atoms with E-state index in [-0.39, 0.29) is 12.8 Å². The lowest BCUT2D eigenvalue weighted by molar-refractivity contribution is -0.303. The minimum absolute atomic E-state index is 0.240. The predicted octanol–water partition coefficient (Wildman–Crippen LogP) is 14.4. The molecule has 0 aromatic heterocycles. The molecule has 1 heterocycles. The van der Waals surface area contributed by atoms with Crippen LogP contribution >= 0.6 is 0 Å². The fourth-order valence-electron chi connectivity index (χ4n) is 10.1. The average molecular weight is 1080 g/mol. The second-order valence-electron chi connectivity index (χ2n) is 22.5. The Balaban J connectivity index is 2.30. The zero-order chi connectivity index (χ0) is 55.4. The van der Waals surface area contributed by atoms with Crippen LogP contribution in [-0.4, -0.2) is 110 Å². The Morgan fingerprint density at radius 2 is 0.789 bits per heavy atom. The third-order valence-corrected chi connectivity index (χ3v) is 15.3. The minimum atomic E-state index is -1.67. The van der Waals surface area contributed by atoms with Gasteiger partial charge in [-0.2, -0.15) is 0 Å². The average Bonchev–Trinajstić information content (AvgIpc) is 3.42. The molecule has 1 saturated heterocycles. The van der Waals surface area contributed by atoms with Crippen LogP contribution < -0.4 is 5.32 Å². The smallest absolute Gasteiger partial charge is 0.249 e. The van der Waals surface area contributed by atoms with Gasteiger partial charge in [0.15, 0.2) is 6.29 Å². The van der Waals surface area contributed by atoms with Crippen molar-refractivity contribution in [3.8, 4) is 0 Å². The largest absolute Gasteiger partial charge is 0.394 e. The van der Waals surface area contributed by atoms with Crippen LogP contribution in [0.3, 0.4) is 0 Å². The van der Waals surface area contributed by atoms with Gasteiger partial charge in [-0.1, -0.05) is 249 Å². The molecule has 0 radical (unpaired) electrons. The third kappa shape index (κ3) is 41.1. The molecule has 8 N–H and O–H groups in total. The van der Waals surface area contributed by atoms with Gasteiger partial charge in [-0.15, -0.1) is 0 Å². The molecule has 1 amide bonds. The van der Waals surface area contributed by atoms with Gasteiger partial charge in [0.05, 0.1) is 25.4 Å². The van der Waals surface area contributed by atoms with Crippen molar-refractivity contribution >= 4 is 5.91 Å². The summed E-state index contributed by atoms with van der Waals surface area (Å²) in [7, 11) is 0. The van der Waals surface area contributed by atoms with E-state index >= 15 is 0 Å². The number of aliphatic hydroxyl groups excluding tert-OH is 7. The first-order chi connectivity index (χ1) is 37.2. The molecule has 0 aromatic carbocycles. The maximum Gasteiger partial charge on any atom is 0.249 e. The molecule has 0 spiro atoms. The van der Waals surface area contributed by atoms with E-state index in [4.69, 9.17) is 9.47 Å². The zero-order valence-corrected chi connectivity index (χ0v) is 49.0. The van der Waals surface area contributed by atoms with Crippen LogP contribution in [0.1, 0.15) is 290 Å². The SMILES string of the molecule is CCCCCCCCCCCC/C=C/CC/C=C/CC/C=C/CCCC(O)C(O)C(COC1OC(CO)C(O)C(O)C1O)NC(=O)C(O)CCCCCCCCCCCC/C=C\CCCCCCCCCCCCCC. The van der Waals surface area contributed by atoms with Crippen LogP contribution in [0.25, 0.3) is 0 Å². The Morgan fingerprint density at radius 3 is 1.17 bits per heavy atom. The molecule has 0 aliphatic carbocycles. The number of carbonyl (C=O) groups is 1. The number of nitrogens with one attached hydrogen (secondary N) is 1. The molecule has 11 nitrogen and oxygen atoms in total. The Labute approximate surface area is 466 Å². The maximum absolute atomic E-state index is 13.2. The van der Waals surface area contributed by atoms with Crippen molar-refractivity contribution in [2.45, 2.75) is 345 Å². The number of hydrogen-bond donors (Lipinski definition) is 8. The summed E-state index contributed by atoms with van der Waals surface area (Å²) in [6, 6.07) is -1.20. The molecule has 0 aromatic rings. The molecule has 1 aliphatic rings. The van der Waals surface area contributed by atoms with Gasteiger partial charge in [0.25, 0.3) is 0 Å². The molecule has 0 saturated carbocycles. The second-order valence-corrected chi connectivity index (χ2v) is 22.5. The first kappa shape index (κ1) is 72.1. The third-order valence-electron chi connectivity index (χ3n) is 15.3. The molecule has 1 aliphatic heterocycles. The fourth-order valence-corrected chi connectivity index (χ4v) is 10.1. The van der Waals surface area contributed by atoms with Crippen molar-refractivity contribution in [1.82, 2.24) is 5.32 Å². The van der Waals surface area contributed by atoms with Crippen molar-refractivity contribution in [2.24, 2.45) is 0 Å². The Morgan fingerprint density at radius 1 is 0.447 bits per heavy atom. The van der Waals surface area contributed by atoms with Crippen molar-refractivity contribution < 1.29 is 50.0 Å². The van der Waals surface area contributed by atoms with Crippen LogP contribution in [0.4, 0.5) is 0 Å². The van der Waals surface area contributed by atoms with Gasteiger partial charge in [-0.3, -0.25) is 4.79 Å². The van der Waals surface area contributed by atoms with Gasteiger partial charge in [0, 0.05) is 0 Å². The van der Waals surface area contributed by atoms with E-state index in [0.717, 1.165) is 44.9 Å². The van der Waals surface area contributed by atoms with Crippen LogP contribution in [0.2, 0.25) is 0 Å². The van der Waals surface area contributed by atoms with Crippen molar-refractivity contribution in [1.29, 1.82) is 0 Å². The summed E-state index contributed by atoms with van der Waals surface area (Å²) in [5, 5.41) is 76.3. The lowest BCUT2D eigenvalue weighted by atomic mass is 9.98. The molecule has 1 fully saturated rings. The summed E-state index contributed by atoms with van der Waals surface area (Å²) in [5.74, 6) is -0.711. The normalized spacial score (nSPS) is 19.9. The summed E-state index contributed by atoms with van der Waals surface area (Å²) in [5.41, 5.74) is 0. The zero-order valence-electron chi connectivity index (χ0n) is 49.0. The monoisotopic (exact) mass is 1080 g/mol. The topological polar surface area (TPSA) is 189 Å². The van der Waals surface area contributed by atoms with Gasteiger partial charge in [-0.25, -0.2) is 0 Å². The summed E-state index contributed by atoms with van der Waals surface area (Å²) in [6.07, 6.45) is 57.5. The quantitative estimate of drug-likeness (QED) is 0.0215. The lowest BCUT2D eigenvalue weighted by Gasteiger charge is -2.40. The molecule has 1 rings (SSSR count). The second kappa shape index (κ2) is 53.7. The van der Waals surface area contributed by atoms with Gasteiger partial charge in [0.2, 0.25) is 5.91 Å². The number of aliphatic hydroxyl groups is 7. The Kier molecular flexibility index (Phi) is 50.9. The van der Waals surface area contributed by atoms with Gasteiger partial charge in [-0.05, 0) is 89.9 Å². The van der Waals surface area contributed by atoms with Gasteiger partial charge >= 0.3 is 0 Å². The van der Waals surface area contributed by atoms with E-state index in [2.05, 4.69) is 67.8 Å². The lowest BCUT2D eigenvalue weighted by Crippen LogP contribution is -2.60. The number of carbonyl (C=O) groups excluding carboxylic acids is 1. The van der Waals surface area contributed by atoms with E-state index in [0.29, 0.717) is 19.3 Å². The van der Waals surface area contributed by atoms with E-state index in [9.17, 15) is 40.5 Å². The maximum atomic E-state index is 13.2. The van der Waals surface area contributed by atoms with Crippen molar-refractivity contribution in [3.63, 3.8) is 0 Å². The fraction of sp³-hybridized carbons (Fsp3) is 0.862. The van der Waals surface area contributed by atoms with Crippen molar-refractivity contribution in [3.05, 3.63) is 48.6 Å². The molecule has 446 valence electrons. The number of hydrogen-bond acceptors (Lipinski definition) is 10. The highest BCUT2D eigenvalue weighted by molar-refractivity contribution is 5.80. The first-order valence-electron chi connectivity index (χ1n) is 32.0. The molecule has 11 heteroatoms. The number of amides is 1. The Hall–Kier alpha value is -1.93. The number of unbranched alkanes of at least 4 members (excludes halogenated alkanes) is 35. The Bertz CT molecular complexity index is 1370. The first-order valence-corrected chi connectivity index (χ1v) is 32.0. The summed E-state index contributed by atoms with van der Waals surface area (Å²) >= 11 is 0. The molecule has 9 unspecified atom stereocenters. The van der Waals surface area contributed by atoms with Crippen LogP contribution in [0.5, 0.6) is 0 Å². The molecular weight excluding hydrogens is 955 g/mol. The van der Waals surface area contributed by atoms with Gasteiger partial charge < -0.3 is 50.5 Å². The van der Waals surface area contributed by atoms with E-state index < -0.39 is 74.2 Å². The highest BCUT2D eigenvalue weighted by Crippen LogP contribution is 2.23. The summed E-state index contributed by atoms with van der Waals surface area (Å²) < 4.78 is 11.1. The highest BCUT2D eigenvalue weighted by atomic mass is 16.7. The molecule has 76 heavy (non-hydrogen) atoms. The highest BCUT2D eigenvalue weighted by Gasteiger charge is 2.44. The van der Waals surface area contributed by atoms with E-state index in [1.807, 2.05) is 0 Å². The summed E-state index contributed by atoms with van der Waals surface area (Å²) in [4.78, 5) is 13.2. The number of allylic oxidation sites excluding steroid dienone is 8. The van der Waals surface area contributed by atoms with Gasteiger partial charge in [0.1, 0.15) is 36.6 Å². The van der Waals surface area contributed by atoms with Crippen molar-refractivity contribution in [2.75, 3.05) is 13.2 Å². The van der Waals surface area contributed by atoms with Crippen LogP contribution in [0, 0.1) is 0 Å². The van der Waals surface area contributed by atoms with Crippen LogP contribution in [0.15, 0.2) is 48.6 Å². The van der Waals surface area contributed by atoms with E-state index in [1.165, 1.54) is 199 Å². The molecular formula is C65H121NO10. The van der Waals surface area contributed by atoms with E-state index in [1.54, 1.807) is 0 Å². The standard InChI is InChI=1S/C65H121NO10/c1-3-5-7-9-11-13-15-17-19-21-23-25-27-28-29-31-33-35-37-39-41-43-45-47-49-51-53-58(69)64(74)66-56(55-75-65-63(73)62(72)61(71)59(54-67)76-65)60(70)57(68)52-50-48-46-44-42-40-38-36-34-32-30-26-24-22-20-18-16-14-12-10-8-6-4-2/h26,28-30,36,38,44,46,56-63,65,67-73H,3-25,27,31-35,37,39-43,45,47-55H2,1-2H3,(H,66,74)/b29-28-,30-26+,38-36+,46-44+. The number of ether oxygens (including phenoxy) is 2. The molecule has 9 atom stereocenters. The van der Waals surface area contributed by atoms with Crippen LogP contribution in [-0.2, 0) is 14.3 Å². The minimum Gasteiger partial charge on any atom is -0.394 e. The number of rotatable bonds is 55.